The summed E-state index contributed by atoms with van der Waals surface area (Å²) in [5, 5.41) is 9.59. The third kappa shape index (κ3) is 5.92. The van der Waals surface area contributed by atoms with E-state index in [0.29, 0.717) is 11.6 Å². The molecule has 30 heavy (non-hydrogen) atoms. The molecular formula is C20H24Cl2N3O4S+. The van der Waals surface area contributed by atoms with Crippen LogP contribution >= 0.6 is 23.2 Å². The van der Waals surface area contributed by atoms with Gasteiger partial charge in [0.2, 0.25) is 10.0 Å². The van der Waals surface area contributed by atoms with Gasteiger partial charge in [0.15, 0.2) is 0 Å². The zero-order valence-electron chi connectivity index (χ0n) is 16.4. The Morgan fingerprint density at radius 2 is 1.83 bits per heavy atom. The largest absolute Gasteiger partial charge is 0.316 e. The van der Waals surface area contributed by atoms with Gasteiger partial charge >= 0.3 is 5.69 Å². The molecule has 2 N–H and O–H groups in total. The van der Waals surface area contributed by atoms with Crippen molar-refractivity contribution in [3.63, 3.8) is 0 Å². The molecule has 0 spiro atoms. The molecule has 1 aliphatic heterocycles. The highest BCUT2D eigenvalue weighted by atomic mass is 35.5. The monoisotopic (exact) mass is 472 g/mol. The van der Waals surface area contributed by atoms with Gasteiger partial charge in [-0.3, -0.25) is 4.90 Å². The Morgan fingerprint density at radius 1 is 1.03 bits per heavy atom. The first-order valence-corrected chi connectivity index (χ1v) is 12.0. The quantitative estimate of drug-likeness (QED) is 0.419. The Kier molecular flexibility index (Phi) is 7.70. The van der Waals surface area contributed by atoms with E-state index in [1.54, 1.807) is 12.1 Å². The molecule has 0 amide bonds. The zero-order chi connectivity index (χ0) is 21.7. The van der Waals surface area contributed by atoms with Gasteiger partial charge < -0.3 is 0 Å². The zero-order valence-corrected chi connectivity index (χ0v) is 18.7. The van der Waals surface area contributed by atoms with Crippen LogP contribution < -0.4 is 4.72 Å². The highest BCUT2D eigenvalue weighted by Crippen LogP contribution is 2.25. The molecule has 0 saturated carbocycles. The standard InChI is InChI=1S/C20H24Cl2N3O4S/c21-19-7-6-18(13-20(19)22)30(28,29)23-9-2-1-3-10-24-11-8-15-4-5-17(25(26)27)12-16(15)14-24/h4-7,12-13,23H,1-3,8-11,14H2,(H,26,27)/q+1. The van der Waals surface area contributed by atoms with Crippen LogP contribution in [0.1, 0.15) is 30.4 Å². The molecule has 2 aromatic carbocycles. The predicted molar refractivity (Wildman–Crippen MR) is 116 cm³/mol. The molecule has 10 heteroatoms. The first-order chi connectivity index (χ1) is 14.3. The Labute approximate surface area is 186 Å². The highest BCUT2D eigenvalue weighted by molar-refractivity contribution is 7.89. The molecule has 3 rings (SSSR count). The number of unbranched alkanes of at least 4 members (excludes halogenated alkanes) is 2. The van der Waals surface area contributed by atoms with E-state index in [-0.39, 0.29) is 20.5 Å². The molecule has 0 saturated heterocycles. The van der Waals surface area contributed by atoms with Gasteiger partial charge in [-0.2, -0.15) is 0 Å². The molecule has 0 atom stereocenters. The van der Waals surface area contributed by atoms with E-state index in [1.165, 1.54) is 23.8 Å². The van der Waals surface area contributed by atoms with Crippen molar-refractivity contribution >= 4 is 38.9 Å². The molecular weight excluding hydrogens is 449 g/mol. The average Bonchev–Trinajstić information content (AvgIpc) is 2.71. The van der Waals surface area contributed by atoms with Crippen LogP contribution in [0, 0.1) is 4.91 Å². The second kappa shape index (κ2) is 10.1. The Bertz CT molecular complexity index is 1030. The van der Waals surface area contributed by atoms with Gasteiger partial charge in [-0.25, -0.2) is 18.3 Å². The Morgan fingerprint density at radius 3 is 2.57 bits per heavy atom. The fraction of sp³-hybridized carbons (Fsp3) is 0.400. The number of hydrogen-bond acceptors (Lipinski definition) is 4. The average molecular weight is 473 g/mol. The van der Waals surface area contributed by atoms with E-state index in [1.807, 2.05) is 6.07 Å². The number of rotatable bonds is 9. The van der Waals surface area contributed by atoms with Crippen LogP contribution in [0.15, 0.2) is 41.3 Å². The Hall–Kier alpha value is -1.71. The van der Waals surface area contributed by atoms with E-state index < -0.39 is 10.0 Å². The van der Waals surface area contributed by atoms with Gasteiger partial charge in [-0.15, -0.1) is 0 Å². The third-order valence-electron chi connectivity index (χ3n) is 5.15. The van der Waals surface area contributed by atoms with Crippen molar-refractivity contribution in [3.8, 4) is 0 Å². The van der Waals surface area contributed by atoms with Crippen LogP contribution in [-0.2, 0) is 23.0 Å². The van der Waals surface area contributed by atoms with Crippen molar-refractivity contribution in [2.75, 3.05) is 19.6 Å². The summed E-state index contributed by atoms with van der Waals surface area (Å²) in [7, 11) is -3.61. The summed E-state index contributed by atoms with van der Waals surface area (Å²) >= 11 is 11.7. The van der Waals surface area contributed by atoms with Crippen LogP contribution in [0.2, 0.25) is 10.0 Å². The minimum absolute atomic E-state index is 0.0998. The number of benzene rings is 2. The fourth-order valence-electron chi connectivity index (χ4n) is 3.48. The number of halogens is 2. The summed E-state index contributed by atoms with van der Waals surface area (Å²) in [4.78, 5) is 13.4. The molecule has 0 aliphatic carbocycles. The van der Waals surface area contributed by atoms with E-state index >= 15 is 0 Å². The van der Waals surface area contributed by atoms with Gasteiger partial charge in [0, 0.05) is 31.8 Å². The van der Waals surface area contributed by atoms with Gasteiger partial charge in [0.05, 0.1) is 19.8 Å². The number of sulfonamides is 1. The minimum Gasteiger partial charge on any atom is -0.299 e. The molecule has 1 heterocycles. The van der Waals surface area contributed by atoms with Crippen LogP contribution in [0.3, 0.4) is 0 Å². The maximum Gasteiger partial charge on any atom is 0.316 e. The smallest absolute Gasteiger partial charge is 0.299 e. The normalized spacial score (nSPS) is 14.5. The van der Waals surface area contributed by atoms with Crippen molar-refractivity contribution in [1.82, 2.24) is 9.62 Å². The maximum absolute atomic E-state index is 12.3. The van der Waals surface area contributed by atoms with Crippen molar-refractivity contribution in [2.24, 2.45) is 0 Å². The number of hydrogen-bond donors (Lipinski definition) is 2. The van der Waals surface area contributed by atoms with Crippen molar-refractivity contribution < 1.29 is 18.5 Å². The third-order valence-corrected chi connectivity index (χ3v) is 7.34. The molecule has 1 aliphatic rings. The van der Waals surface area contributed by atoms with E-state index in [0.717, 1.165) is 50.9 Å². The lowest BCUT2D eigenvalue weighted by Gasteiger charge is -2.28. The molecule has 162 valence electrons. The van der Waals surface area contributed by atoms with Gasteiger partial charge in [-0.1, -0.05) is 35.7 Å². The number of fused-ring (bicyclic) bond motifs is 1. The van der Waals surface area contributed by atoms with Gasteiger partial charge in [0.1, 0.15) is 0 Å². The second-order valence-electron chi connectivity index (χ2n) is 7.29. The van der Waals surface area contributed by atoms with Crippen molar-refractivity contribution in [3.05, 3.63) is 62.5 Å². The summed E-state index contributed by atoms with van der Waals surface area (Å²) in [6, 6.07) is 9.48. The molecule has 7 nitrogen and oxygen atoms in total. The van der Waals surface area contributed by atoms with E-state index in [4.69, 9.17) is 28.4 Å². The number of nitrogens with zero attached hydrogens (tertiary/aromatic N) is 2. The van der Waals surface area contributed by atoms with Gasteiger partial charge in [0.25, 0.3) is 4.92 Å². The topological polar surface area (TPSA) is 89.7 Å². The fourth-order valence-corrected chi connectivity index (χ4v) is 4.95. The lowest BCUT2D eigenvalue weighted by molar-refractivity contribution is -0.729. The summed E-state index contributed by atoms with van der Waals surface area (Å²) in [6.07, 6.45) is 3.46. The highest BCUT2D eigenvalue weighted by Gasteiger charge is 2.20. The molecule has 0 unspecified atom stereocenters. The first-order valence-electron chi connectivity index (χ1n) is 9.71. The summed E-state index contributed by atoms with van der Waals surface area (Å²) < 4.78 is 27.2. The molecule has 0 fully saturated rings. The summed E-state index contributed by atoms with van der Waals surface area (Å²) in [6.45, 7) is 2.92. The minimum atomic E-state index is -3.61. The van der Waals surface area contributed by atoms with Crippen LogP contribution in [0.5, 0.6) is 0 Å². The van der Waals surface area contributed by atoms with Crippen LogP contribution in [0.25, 0.3) is 0 Å². The van der Waals surface area contributed by atoms with E-state index in [2.05, 4.69) is 9.62 Å². The lowest BCUT2D eigenvalue weighted by Crippen LogP contribution is -2.31. The predicted octanol–water partition coefficient (Wildman–Crippen LogP) is 4.30. The molecule has 0 aromatic heterocycles. The first kappa shape index (κ1) is 23.0. The van der Waals surface area contributed by atoms with Crippen molar-refractivity contribution in [1.29, 1.82) is 0 Å². The maximum atomic E-state index is 12.3. The van der Waals surface area contributed by atoms with E-state index in [9.17, 15) is 13.3 Å². The Balaban J connectivity index is 1.40. The lowest BCUT2D eigenvalue weighted by atomic mass is 9.99. The molecule has 2 aromatic rings. The second-order valence-corrected chi connectivity index (χ2v) is 9.87. The van der Waals surface area contributed by atoms with Crippen molar-refractivity contribution in [2.45, 2.75) is 37.1 Å². The molecule has 0 bridgehead atoms. The summed E-state index contributed by atoms with van der Waals surface area (Å²) in [5.41, 5.74) is 2.50. The summed E-state index contributed by atoms with van der Waals surface area (Å²) in [5.74, 6) is 0. The van der Waals surface area contributed by atoms with Gasteiger partial charge in [-0.05, 0) is 55.1 Å². The van der Waals surface area contributed by atoms with Crippen LogP contribution in [-0.4, -0.2) is 43.1 Å². The molecule has 0 radical (unpaired) electrons. The number of nitrogens with one attached hydrogen (secondary N) is 1. The van der Waals surface area contributed by atoms with Crippen LogP contribution in [0.4, 0.5) is 5.69 Å². The SMILES string of the molecule is O=[N+](O)c1ccc2c(c1)CN(CCCCCNS(=O)(=O)c1ccc(Cl)c(Cl)c1)CC2.